The largest absolute Gasteiger partial charge is 0.465 e. The molecule has 0 radical (unpaired) electrons. The van der Waals surface area contributed by atoms with E-state index in [1.807, 2.05) is 0 Å². The highest BCUT2D eigenvalue weighted by Crippen LogP contribution is 2.23. The molecule has 1 aromatic carbocycles. The Kier molecular flexibility index (Phi) is 3.10. The maximum absolute atomic E-state index is 11.9. The minimum absolute atomic E-state index is 0.0316. The van der Waals surface area contributed by atoms with E-state index >= 15 is 0 Å². The molecule has 2 aromatic rings. The Hall–Kier alpha value is -2.97. The first-order chi connectivity index (χ1) is 9.36. The molecule has 9 nitrogen and oxygen atoms in total. The number of aromatic amines is 1. The van der Waals surface area contributed by atoms with Crippen LogP contribution in [0.2, 0.25) is 0 Å². The van der Waals surface area contributed by atoms with Crippen LogP contribution in [0.25, 0.3) is 10.9 Å². The number of carbonyl (C=O) groups is 1. The average Bonchev–Trinajstić information content (AvgIpc) is 2.42. The van der Waals surface area contributed by atoms with Crippen LogP contribution in [0.5, 0.6) is 0 Å². The Bertz CT molecular complexity index is 848. The van der Waals surface area contributed by atoms with E-state index in [9.17, 15) is 24.5 Å². The highest BCUT2D eigenvalue weighted by molar-refractivity contribution is 5.98. The smallest absolute Gasteiger partial charge is 0.344 e. The molecule has 0 saturated heterocycles. The highest BCUT2D eigenvalue weighted by Gasteiger charge is 2.23. The van der Waals surface area contributed by atoms with Gasteiger partial charge in [-0.15, -0.1) is 0 Å². The van der Waals surface area contributed by atoms with Gasteiger partial charge in [0.05, 0.1) is 22.9 Å². The van der Waals surface area contributed by atoms with E-state index in [2.05, 4.69) is 9.72 Å². The summed E-state index contributed by atoms with van der Waals surface area (Å²) in [6.07, 6.45) is 0. The van der Waals surface area contributed by atoms with Gasteiger partial charge in [0.15, 0.2) is 0 Å². The van der Waals surface area contributed by atoms with E-state index < -0.39 is 27.8 Å². The summed E-state index contributed by atoms with van der Waals surface area (Å²) >= 11 is 0. The lowest BCUT2D eigenvalue weighted by Gasteiger charge is -2.04. The summed E-state index contributed by atoms with van der Waals surface area (Å²) in [5.74, 6) is -0.930. The Labute approximate surface area is 110 Å². The van der Waals surface area contributed by atoms with Gasteiger partial charge in [-0.3, -0.25) is 19.5 Å². The molecule has 1 N–H and O–H groups in total. The number of rotatable bonds is 2. The van der Waals surface area contributed by atoms with Gasteiger partial charge in [0, 0.05) is 13.1 Å². The third-order valence-electron chi connectivity index (χ3n) is 2.82. The van der Waals surface area contributed by atoms with E-state index in [-0.39, 0.29) is 16.5 Å². The van der Waals surface area contributed by atoms with Crippen LogP contribution in [0, 0.1) is 10.1 Å². The van der Waals surface area contributed by atoms with Gasteiger partial charge in [-0.25, -0.2) is 9.59 Å². The summed E-state index contributed by atoms with van der Waals surface area (Å²) in [6.45, 7) is 0. The van der Waals surface area contributed by atoms with Crippen molar-refractivity contribution in [3.63, 3.8) is 0 Å². The molecule has 1 heterocycles. The van der Waals surface area contributed by atoms with Crippen molar-refractivity contribution < 1.29 is 14.5 Å². The number of hydrogen-bond donors (Lipinski definition) is 1. The summed E-state index contributed by atoms with van der Waals surface area (Å²) in [4.78, 5) is 47.4. The number of ether oxygens (including phenoxy) is 1. The Morgan fingerprint density at radius 1 is 1.40 bits per heavy atom. The molecule has 0 aliphatic rings. The van der Waals surface area contributed by atoms with Crippen LogP contribution in [0.15, 0.2) is 21.7 Å². The molecule has 0 spiro atoms. The summed E-state index contributed by atoms with van der Waals surface area (Å²) in [5.41, 5.74) is -2.25. The molecular formula is C11H9N3O6. The molecule has 9 heteroatoms. The Morgan fingerprint density at radius 2 is 2.05 bits per heavy atom. The molecule has 0 unspecified atom stereocenters. The molecule has 0 saturated carbocycles. The number of nitrogens with one attached hydrogen (secondary N) is 1. The monoisotopic (exact) mass is 279 g/mol. The zero-order valence-electron chi connectivity index (χ0n) is 10.5. The topological polar surface area (TPSA) is 124 Å². The van der Waals surface area contributed by atoms with Crippen LogP contribution in [0.1, 0.15) is 10.4 Å². The third-order valence-corrected chi connectivity index (χ3v) is 2.82. The molecule has 0 atom stereocenters. The minimum atomic E-state index is -0.930. The van der Waals surface area contributed by atoms with Crippen LogP contribution in [-0.4, -0.2) is 27.6 Å². The maximum atomic E-state index is 11.9. The van der Waals surface area contributed by atoms with Crippen LogP contribution in [0.3, 0.4) is 0 Å². The number of aromatic nitrogens is 2. The van der Waals surface area contributed by atoms with E-state index in [1.54, 1.807) is 0 Å². The van der Waals surface area contributed by atoms with Crippen molar-refractivity contribution in [2.45, 2.75) is 0 Å². The molecule has 0 fully saturated rings. The van der Waals surface area contributed by atoms with Crippen molar-refractivity contribution in [3.8, 4) is 0 Å². The van der Waals surface area contributed by atoms with Gasteiger partial charge >= 0.3 is 11.7 Å². The number of nitro benzene ring substituents is 1. The first kappa shape index (κ1) is 13.5. The molecule has 2 rings (SSSR count). The maximum Gasteiger partial charge on any atom is 0.344 e. The van der Waals surface area contributed by atoms with Gasteiger partial charge in [0.25, 0.3) is 11.2 Å². The van der Waals surface area contributed by atoms with Crippen LogP contribution in [0.4, 0.5) is 5.69 Å². The average molecular weight is 279 g/mol. The van der Waals surface area contributed by atoms with Crippen LogP contribution < -0.4 is 11.2 Å². The van der Waals surface area contributed by atoms with Gasteiger partial charge in [-0.2, -0.15) is 0 Å². The second kappa shape index (κ2) is 4.61. The summed E-state index contributed by atoms with van der Waals surface area (Å²) in [7, 11) is 2.31. The second-order valence-corrected chi connectivity index (χ2v) is 3.96. The van der Waals surface area contributed by atoms with Gasteiger partial charge in [0.2, 0.25) is 0 Å². The number of carbonyl (C=O) groups excluding carboxylic acids is 1. The van der Waals surface area contributed by atoms with Gasteiger partial charge in [0.1, 0.15) is 5.56 Å². The van der Waals surface area contributed by atoms with Crippen molar-refractivity contribution in [1.29, 1.82) is 0 Å². The second-order valence-electron chi connectivity index (χ2n) is 3.96. The molecule has 0 aliphatic carbocycles. The molecule has 0 aliphatic heterocycles. The van der Waals surface area contributed by atoms with Gasteiger partial charge < -0.3 is 9.72 Å². The predicted octanol–water partition coefficient (Wildman–Crippen LogP) is -0.0784. The summed E-state index contributed by atoms with van der Waals surface area (Å²) in [5, 5.41) is 10.9. The molecule has 1 aromatic heterocycles. The molecule has 0 amide bonds. The number of fused-ring (bicyclic) bond motifs is 1. The Balaban J connectivity index is 2.96. The summed E-state index contributed by atoms with van der Waals surface area (Å²) in [6, 6.07) is 2.00. The first-order valence-corrected chi connectivity index (χ1v) is 5.36. The highest BCUT2D eigenvalue weighted by atomic mass is 16.6. The zero-order valence-corrected chi connectivity index (χ0v) is 10.5. The summed E-state index contributed by atoms with van der Waals surface area (Å²) < 4.78 is 5.22. The third kappa shape index (κ3) is 1.94. The lowest BCUT2D eigenvalue weighted by molar-refractivity contribution is -0.385. The van der Waals surface area contributed by atoms with E-state index in [0.29, 0.717) is 0 Å². The van der Waals surface area contributed by atoms with Gasteiger partial charge in [-0.05, 0) is 6.07 Å². The number of esters is 1. The number of methoxy groups -OCH3 is 1. The molecule has 0 bridgehead atoms. The Morgan fingerprint density at radius 3 is 2.60 bits per heavy atom. The van der Waals surface area contributed by atoms with E-state index in [0.717, 1.165) is 23.8 Å². The molecule has 104 valence electrons. The van der Waals surface area contributed by atoms with Crippen LogP contribution >= 0.6 is 0 Å². The number of benzene rings is 1. The van der Waals surface area contributed by atoms with Crippen molar-refractivity contribution in [2.24, 2.45) is 7.05 Å². The number of hydrogen-bond acceptors (Lipinski definition) is 6. The van der Waals surface area contributed by atoms with Crippen molar-refractivity contribution >= 4 is 22.6 Å². The standard InChI is InChI=1S/C11H9N3O6/c1-13-9(15)5-4-8(14(18)19)6(10(16)20-2)3-7(5)12-11(13)17/h3-4H,1-2H3,(H,12,17). The fourth-order valence-corrected chi connectivity index (χ4v) is 1.77. The number of nitrogens with zero attached hydrogens (tertiary/aromatic N) is 2. The quantitative estimate of drug-likeness (QED) is 0.465. The van der Waals surface area contributed by atoms with Crippen molar-refractivity contribution in [1.82, 2.24) is 9.55 Å². The lowest BCUT2D eigenvalue weighted by atomic mass is 10.1. The zero-order chi connectivity index (χ0) is 15.0. The van der Waals surface area contributed by atoms with Gasteiger partial charge in [-0.1, -0.05) is 0 Å². The first-order valence-electron chi connectivity index (χ1n) is 5.36. The fraction of sp³-hybridized carbons (Fsp3) is 0.182. The van der Waals surface area contributed by atoms with E-state index in [4.69, 9.17) is 0 Å². The van der Waals surface area contributed by atoms with Crippen LogP contribution in [-0.2, 0) is 11.8 Å². The lowest BCUT2D eigenvalue weighted by Crippen LogP contribution is -2.32. The fourth-order valence-electron chi connectivity index (χ4n) is 1.77. The number of H-pyrrole nitrogens is 1. The van der Waals surface area contributed by atoms with Crippen molar-refractivity contribution in [2.75, 3.05) is 7.11 Å². The molecule has 20 heavy (non-hydrogen) atoms. The number of nitro groups is 1. The molecular weight excluding hydrogens is 270 g/mol. The SMILES string of the molecule is COC(=O)c1cc2[nH]c(=O)n(C)c(=O)c2cc1[N+](=O)[O-]. The normalized spacial score (nSPS) is 10.5. The van der Waals surface area contributed by atoms with Crippen molar-refractivity contribution in [3.05, 3.63) is 48.6 Å². The van der Waals surface area contributed by atoms with E-state index in [1.165, 1.54) is 7.05 Å². The minimum Gasteiger partial charge on any atom is -0.465 e. The predicted molar refractivity (Wildman–Crippen MR) is 67.8 cm³/mol.